The van der Waals surface area contributed by atoms with E-state index in [-0.39, 0.29) is 41.3 Å². The van der Waals surface area contributed by atoms with Crippen molar-refractivity contribution in [3.8, 4) is 0 Å². The summed E-state index contributed by atoms with van der Waals surface area (Å²) in [7, 11) is -3.78. The summed E-state index contributed by atoms with van der Waals surface area (Å²) in [6, 6.07) is 9.18. The molecule has 2 aliphatic heterocycles. The summed E-state index contributed by atoms with van der Waals surface area (Å²) in [5.41, 5.74) is 0.670. The first-order chi connectivity index (χ1) is 16.6. The molecule has 0 aromatic heterocycles. The molecule has 35 heavy (non-hydrogen) atoms. The number of carbonyl (C=O) groups excluding carboxylic acids is 1. The molecule has 12 heteroatoms. The van der Waals surface area contributed by atoms with E-state index in [4.69, 9.17) is 11.6 Å². The molecular weight excluding hydrogens is 499 g/mol. The first kappa shape index (κ1) is 25.5. The Kier molecular flexibility index (Phi) is 7.70. The molecule has 0 aliphatic carbocycles. The molecule has 0 saturated carbocycles. The Balaban J connectivity index is 1.28. The van der Waals surface area contributed by atoms with Crippen molar-refractivity contribution in [3.05, 3.63) is 69.0 Å². The van der Waals surface area contributed by atoms with Gasteiger partial charge in [-0.1, -0.05) is 17.7 Å². The summed E-state index contributed by atoms with van der Waals surface area (Å²) in [5, 5.41) is 11.2. The van der Waals surface area contributed by atoms with Crippen LogP contribution in [-0.2, 0) is 21.4 Å². The quantitative estimate of drug-likeness (QED) is 0.425. The standard InChI is InChI=1S/C23H26ClFN4O5S/c24-22-15-19(25)2-1-18(22)16-26-11-13-27(14-12-26)23(30)17-7-9-28(10-8-17)35(33,34)21-5-3-20(4-6-21)29(31)32/h1-6,15,17H,7-14,16H2. The lowest BCUT2D eigenvalue weighted by molar-refractivity contribution is -0.384. The molecule has 0 spiro atoms. The fourth-order valence-corrected chi connectivity index (χ4v) is 6.20. The number of carbonyl (C=O) groups is 1. The van der Waals surface area contributed by atoms with Crippen molar-refractivity contribution >= 4 is 33.2 Å². The molecule has 2 saturated heterocycles. The van der Waals surface area contributed by atoms with E-state index in [1.165, 1.54) is 40.7 Å². The van der Waals surface area contributed by atoms with E-state index in [9.17, 15) is 27.7 Å². The minimum Gasteiger partial charge on any atom is -0.340 e. The molecule has 4 rings (SSSR count). The molecule has 0 N–H and O–H groups in total. The number of benzene rings is 2. The molecule has 2 aromatic rings. The van der Waals surface area contributed by atoms with Crippen LogP contribution >= 0.6 is 11.6 Å². The van der Waals surface area contributed by atoms with Gasteiger partial charge in [0.15, 0.2) is 0 Å². The van der Waals surface area contributed by atoms with Crippen LogP contribution < -0.4 is 0 Å². The molecule has 0 atom stereocenters. The Morgan fingerprint density at radius 1 is 1.03 bits per heavy atom. The van der Waals surface area contributed by atoms with E-state index in [2.05, 4.69) is 4.90 Å². The van der Waals surface area contributed by atoms with Gasteiger partial charge in [-0.05, 0) is 42.7 Å². The van der Waals surface area contributed by atoms with Gasteiger partial charge < -0.3 is 4.90 Å². The molecule has 0 radical (unpaired) electrons. The number of sulfonamides is 1. The zero-order valence-electron chi connectivity index (χ0n) is 19.0. The molecule has 2 fully saturated rings. The minimum absolute atomic E-state index is 0.00487. The number of amides is 1. The molecule has 2 aliphatic rings. The third kappa shape index (κ3) is 5.80. The third-order valence-corrected chi connectivity index (χ3v) is 8.85. The van der Waals surface area contributed by atoms with Crippen LogP contribution in [0.15, 0.2) is 47.4 Å². The van der Waals surface area contributed by atoms with Gasteiger partial charge in [-0.15, -0.1) is 0 Å². The van der Waals surface area contributed by atoms with Gasteiger partial charge in [0, 0.05) is 68.9 Å². The van der Waals surface area contributed by atoms with Crippen LogP contribution in [0.3, 0.4) is 0 Å². The molecule has 188 valence electrons. The van der Waals surface area contributed by atoms with E-state index >= 15 is 0 Å². The van der Waals surface area contributed by atoms with Gasteiger partial charge >= 0.3 is 0 Å². The minimum atomic E-state index is -3.78. The summed E-state index contributed by atoms with van der Waals surface area (Å²) in [6.07, 6.45) is 0.854. The predicted molar refractivity (Wildman–Crippen MR) is 128 cm³/mol. The number of nitro benzene ring substituents is 1. The van der Waals surface area contributed by atoms with Crippen molar-refractivity contribution < 1.29 is 22.5 Å². The van der Waals surface area contributed by atoms with Gasteiger partial charge in [0.25, 0.3) is 5.69 Å². The number of halogens is 2. The predicted octanol–water partition coefficient (Wildman–Crippen LogP) is 3.13. The number of piperazine rings is 1. The van der Waals surface area contributed by atoms with Crippen LogP contribution in [0.25, 0.3) is 0 Å². The highest BCUT2D eigenvalue weighted by Crippen LogP contribution is 2.27. The van der Waals surface area contributed by atoms with Crippen molar-refractivity contribution in [3.63, 3.8) is 0 Å². The highest BCUT2D eigenvalue weighted by molar-refractivity contribution is 7.89. The van der Waals surface area contributed by atoms with Gasteiger partial charge in [0.1, 0.15) is 5.82 Å². The number of non-ortho nitro benzene ring substituents is 1. The van der Waals surface area contributed by atoms with Crippen LogP contribution in [0.2, 0.25) is 5.02 Å². The summed E-state index contributed by atoms with van der Waals surface area (Å²) in [6.45, 7) is 3.51. The van der Waals surface area contributed by atoms with Gasteiger partial charge in [-0.2, -0.15) is 4.31 Å². The summed E-state index contributed by atoms with van der Waals surface area (Å²) >= 11 is 6.13. The van der Waals surface area contributed by atoms with Crippen LogP contribution in [0.5, 0.6) is 0 Å². The third-order valence-electron chi connectivity index (χ3n) is 6.58. The Morgan fingerprint density at radius 2 is 1.66 bits per heavy atom. The van der Waals surface area contributed by atoms with E-state index in [0.29, 0.717) is 50.6 Å². The van der Waals surface area contributed by atoms with Crippen LogP contribution in [0, 0.1) is 21.8 Å². The van der Waals surface area contributed by atoms with Crippen LogP contribution in [-0.4, -0.2) is 72.6 Å². The molecule has 0 bridgehead atoms. The second kappa shape index (κ2) is 10.6. The van der Waals surface area contributed by atoms with Crippen molar-refractivity contribution in [1.82, 2.24) is 14.1 Å². The lowest BCUT2D eigenvalue weighted by atomic mass is 9.96. The second-order valence-corrected chi connectivity index (χ2v) is 11.1. The molecule has 9 nitrogen and oxygen atoms in total. The zero-order chi connectivity index (χ0) is 25.2. The molecule has 1 amide bonds. The number of nitro groups is 1. The van der Waals surface area contributed by atoms with E-state index < -0.39 is 14.9 Å². The van der Waals surface area contributed by atoms with Crippen molar-refractivity contribution in [2.75, 3.05) is 39.3 Å². The monoisotopic (exact) mass is 524 g/mol. The van der Waals surface area contributed by atoms with E-state index in [0.717, 1.165) is 5.56 Å². The van der Waals surface area contributed by atoms with E-state index in [1.807, 2.05) is 4.90 Å². The Bertz CT molecular complexity index is 1190. The maximum Gasteiger partial charge on any atom is 0.269 e. The number of hydrogen-bond acceptors (Lipinski definition) is 6. The Labute approximate surface area is 208 Å². The largest absolute Gasteiger partial charge is 0.340 e. The average molecular weight is 525 g/mol. The van der Waals surface area contributed by atoms with Crippen molar-refractivity contribution in [1.29, 1.82) is 0 Å². The van der Waals surface area contributed by atoms with Crippen LogP contribution in [0.4, 0.5) is 10.1 Å². The summed E-state index contributed by atoms with van der Waals surface area (Å²) in [4.78, 5) is 27.3. The maximum absolute atomic E-state index is 13.3. The Hall–Kier alpha value is -2.60. The molecule has 2 aromatic carbocycles. The fourth-order valence-electron chi connectivity index (χ4n) is 4.51. The maximum atomic E-state index is 13.3. The van der Waals surface area contributed by atoms with Gasteiger partial charge in [-0.3, -0.25) is 19.8 Å². The lowest BCUT2D eigenvalue weighted by Crippen LogP contribution is -2.51. The van der Waals surface area contributed by atoms with Gasteiger partial charge in [0.05, 0.1) is 9.82 Å². The smallest absolute Gasteiger partial charge is 0.269 e. The molecular formula is C23H26ClFN4O5S. The normalized spacial score (nSPS) is 18.5. The first-order valence-corrected chi connectivity index (χ1v) is 13.2. The topological polar surface area (TPSA) is 104 Å². The Morgan fingerprint density at radius 3 is 2.23 bits per heavy atom. The second-order valence-electron chi connectivity index (χ2n) is 8.77. The first-order valence-electron chi connectivity index (χ1n) is 11.3. The molecule has 0 unspecified atom stereocenters. The van der Waals surface area contributed by atoms with Crippen LogP contribution in [0.1, 0.15) is 18.4 Å². The van der Waals surface area contributed by atoms with Gasteiger partial charge in [0.2, 0.25) is 15.9 Å². The van der Waals surface area contributed by atoms with E-state index in [1.54, 1.807) is 6.07 Å². The highest BCUT2D eigenvalue weighted by atomic mass is 35.5. The fraction of sp³-hybridized carbons (Fsp3) is 0.435. The zero-order valence-corrected chi connectivity index (χ0v) is 20.5. The molecule has 2 heterocycles. The van der Waals surface area contributed by atoms with Crippen molar-refractivity contribution in [2.45, 2.75) is 24.3 Å². The van der Waals surface area contributed by atoms with Gasteiger partial charge in [-0.25, -0.2) is 12.8 Å². The SMILES string of the molecule is O=C(C1CCN(S(=O)(=O)c2ccc([N+](=O)[O-])cc2)CC1)N1CCN(Cc2ccc(F)cc2Cl)CC1. The highest BCUT2D eigenvalue weighted by Gasteiger charge is 2.34. The number of rotatable bonds is 6. The lowest BCUT2D eigenvalue weighted by Gasteiger charge is -2.38. The average Bonchev–Trinajstić information content (AvgIpc) is 2.86. The number of piperidine rings is 1. The summed E-state index contributed by atoms with van der Waals surface area (Å²) in [5.74, 6) is -0.575. The number of nitrogens with zero attached hydrogens (tertiary/aromatic N) is 4. The van der Waals surface area contributed by atoms with Crippen molar-refractivity contribution in [2.24, 2.45) is 5.92 Å². The number of hydrogen-bond donors (Lipinski definition) is 0. The summed E-state index contributed by atoms with van der Waals surface area (Å²) < 4.78 is 40.4.